The van der Waals surface area contributed by atoms with Gasteiger partial charge >= 0.3 is 0 Å². The van der Waals surface area contributed by atoms with E-state index < -0.39 is 6.10 Å². The van der Waals surface area contributed by atoms with Crippen molar-refractivity contribution in [2.24, 2.45) is 0 Å². The van der Waals surface area contributed by atoms with Gasteiger partial charge in [0.05, 0.1) is 6.54 Å². The fraction of sp³-hybridized carbons (Fsp3) is 0.211. The Kier molecular flexibility index (Phi) is 4.27. The number of carbonyl (C=O) groups is 1. The Hall–Kier alpha value is -3.35. The van der Waals surface area contributed by atoms with Crippen molar-refractivity contribution in [2.75, 3.05) is 6.61 Å². The van der Waals surface area contributed by atoms with Gasteiger partial charge in [-0.15, -0.1) is 0 Å². The molecule has 0 spiro atoms. The van der Waals surface area contributed by atoms with Gasteiger partial charge in [-0.05, 0) is 25.1 Å². The molecule has 1 aliphatic rings. The summed E-state index contributed by atoms with van der Waals surface area (Å²) in [6.07, 6.45) is -0.718. The summed E-state index contributed by atoms with van der Waals surface area (Å²) >= 11 is 0. The predicted octanol–water partition coefficient (Wildman–Crippen LogP) is 2.50. The first-order chi connectivity index (χ1) is 12.7. The minimum absolute atomic E-state index is 0.124. The summed E-state index contributed by atoms with van der Waals surface area (Å²) in [5.74, 6) is 1.71. The summed E-state index contributed by atoms with van der Waals surface area (Å²) in [5.41, 5.74) is 1.98. The lowest BCUT2D eigenvalue weighted by Gasteiger charge is -2.25. The molecule has 0 fully saturated rings. The monoisotopic (exact) mass is 351 g/mol. The third-order valence-electron chi connectivity index (χ3n) is 3.96. The SMILES string of the molecule is Cc1cccc(-c2noc(CNC(=O)[C@H]3COc4ccccc4O3)n2)c1. The smallest absolute Gasteiger partial charge is 0.265 e. The lowest BCUT2D eigenvalue weighted by atomic mass is 10.1. The van der Waals surface area contributed by atoms with Gasteiger partial charge in [-0.1, -0.05) is 41.1 Å². The Labute approximate surface area is 149 Å². The number of nitrogens with zero attached hydrogens (tertiary/aromatic N) is 2. The van der Waals surface area contributed by atoms with E-state index in [4.69, 9.17) is 14.0 Å². The third kappa shape index (κ3) is 3.37. The first kappa shape index (κ1) is 16.1. The highest BCUT2D eigenvalue weighted by Crippen LogP contribution is 2.30. The number of benzene rings is 2. The van der Waals surface area contributed by atoms with Crippen molar-refractivity contribution in [1.29, 1.82) is 0 Å². The van der Waals surface area contributed by atoms with Crippen LogP contribution >= 0.6 is 0 Å². The molecule has 1 aromatic heterocycles. The molecular formula is C19H17N3O4. The lowest BCUT2D eigenvalue weighted by Crippen LogP contribution is -2.43. The Morgan fingerprint density at radius 3 is 2.88 bits per heavy atom. The summed E-state index contributed by atoms with van der Waals surface area (Å²) in [5, 5.41) is 6.69. The van der Waals surface area contributed by atoms with E-state index in [0.717, 1.165) is 11.1 Å². The molecule has 1 aliphatic heterocycles. The van der Waals surface area contributed by atoms with Crippen molar-refractivity contribution >= 4 is 5.91 Å². The van der Waals surface area contributed by atoms with E-state index in [1.54, 1.807) is 12.1 Å². The van der Waals surface area contributed by atoms with Crippen LogP contribution in [0.15, 0.2) is 53.1 Å². The van der Waals surface area contributed by atoms with Crippen LogP contribution in [0.2, 0.25) is 0 Å². The average molecular weight is 351 g/mol. The largest absolute Gasteiger partial charge is 0.485 e. The highest BCUT2D eigenvalue weighted by atomic mass is 16.6. The summed E-state index contributed by atoms with van der Waals surface area (Å²) < 4.78 is 16.4. The Morgan fingerprint density at radius 1 is 1.19 bits per heavy atom. The summed E-state index contributed by atoms with van der Waals surface area (Å²) in [7, 11) is 0. The number of ether oxygens (including phenoxy) is 2. The molecule has 132 valence electrons. The van der Waals surface area contributed by atoms with Gasteiger partial charge in [0.25, 0.3) is 5.91 Å². The summed E-state index contributed by atoms with van der Waals surface area (Å²) in [4.78, 5) is 16.6. The maximum atomic E-state index is 12.3. The number of hydrogen-bond donors (Lipinski definition) is 1. The first-order valence-corrected chi connectivity index (χ1v) is 8.25. The molecule has 1 N–H and O–H groups in total. The van der Waals surface area contributed by atoms with E-state index >= 15 is 0 Å². The Balaban J connectivity index is 1.37. The molecule has 3 aromatic rings. The highest BCUT2D eigenvalue weighted by molar-refractivity contribution is 5.81. The second-order valence-corrected chi connectivity index (χ2v) is 5.96. The second kappa shape index (κ2) is 6.87. The van der Waals surface area contributed by atoms with Crippen LogP contribution in [0.3, 0.4) is 0 Å². The van der Waals surface area contributed by atoms with E-state index in [0.29, 0.717) is 23.2 Å². The van der Waals surface area contributed by atoms with Crippen LogP contribution in [-0.4, -0.2) is 28.8 Å². The summed E-state index contributed by atoms with van der Waals surface area (Å²) in [6, 6.07) is 15.0. The number of nitrogens with one attached hydrogen (secondary N) is 1. The minimum Gasteiger partial charge on any atom is -0.485 e. The van der Waals surface area contributed by atoms with Crippen LogP contribution in [0.1, 0.15) is 11.5 Å². The predicted molar refractivity (Wildman–Crippen MR) is 92.7 cm³/mol. The van der Waals surface area contributed by atoms with E-state index in [1.165, 1.54) is 0 Å². The van der Waals surface area contributed by atoms with Crippen LogP contribution in [0, 0.1) is 6.92 Å². The number of amides is 1. The Bertz CT molecular complexity index is 938. The molecule has 0 unspecified atom stereocenters. The molecule has 0 saturated carbocycles. The van der Waals surface area contributed by atoms with Gasteiger partial charge < -0.3 is 19.3 Å². The molecular weight excluding hydrogens is 334 g/mol. The molecule has 4 rings (SSSR count). The average Bonchev–Trinajstić information content (AvgIpc) is 3.15. The van der Waals surface area contributed by atoms with Crippen molar-refractivity contribution in [3.05, 3.63) is 60.0 Å². The number of aryl methyl sites for hydroxylation is 1. The molecule has 0 aliphatic carbocycles. The van der Waals surface area contributed by atoms with Crippen molar-refractivity contribution in [2.45, 2.75) is 19.6 Å². The minimum atomic E-state index is -0.718. The molecule has 2 heterocycles. The van der Waals surface area contributed by atoms with E-state index in [2.05, 4.69) is 15.5 Å². The van der Waals surface area contributed by atoms with Gasteiger partial charge in [0.2, 0.25) is 17.8 Å². The molecule has 7 heteroatoms. The van der Waals surface area contributed by atoms with Gasteiger partial charge in [0.1, 0.15) is 6.61 Å². The molecule has 1 atom stereocenters. The number of rotatable bonds is 4. The second-order valence-electron chi connectivity index (χ2n) is 5.96. The molecule has 1 amide bonds. The number of hydrogen-bond acceptors (Lipinski definition) is 6. The van der Waals surface area contributed by atoms with Gasteiger partial charge in [-0.25, -0.2) is 0 Å². The maximum absolute atomic E-state index is 12.3. The highest BCUT2D eigenvalue weighted by Gasteiger charge is 2.27. The van der Waals surface area contributed by atoms with Crippen molar-refractivity contribution in [3.63, 3.8) is 0 Å². The van der Waals surface area contributed by atoms with Crippen LogP contribution in [-0.2, 0) is 11.3 Å². The van der Waals surface area contributed by atoms with E-state index in [1.807, 2.05) is 43.3 Å². The van der Waals surface area contributed by atoms with Crippen LogP contribution in [0.5, 0.6) is 11.5 Å². The van der Waals surface area contributed by atoms with Gasteiger partial charge in [0.15, 0.2) is 11.5 Å². The quantitative estimate of drug-likeness (QED) is 0.777. The molecule has 2 aromatic carbocycles. The fourth-order valence-electron chi connectivity index (χ4n) is 2.65. The molecule has 7 nitrogen and oxygen atoms in total. The fourth-order valence-corrected chi connectivity index (χ4v) is 2.65. The van der Waals surface area contributed by atoms with Gasteiger partial charge in [-0.3, -0.25) is 4.79 Å². The van der Waals surface area contributed by atoms with Crippen molar-refractivity contribution < 1.29 is 18.8 Å². The van der Waals surface area contributed by atoms with Crippen molar-refractivity contribution in [3.8, 4) is 22.9 Å². The number of carbonyl (C=O) groups excluding carboxylic acids is 1. The molecule has 0 bridgehead atoms. The lowest BCUT2D eigenvalue weighted by molar-refractivity contribution is -0.130. The maximum Gasteiger partial charge on any atom is 0.265 e. The topological polar surface area (TPSA) is 86.5 Å². The number of fused-ring (bicyclic) bond motifs is 1. The van der Waals surface area contributed by atoms with Gasteiger partial charge in [0, 0.05) is 5.56 Å². The molecule has 26 heavy (non-hydrogen) atoms. The van der Waals surface area contributed by atoms with Crippen molar-refractivity contribution in [1.82, 2.24) is 15.5 Å². The summed E-state index contributed by atoms with van der Waals surface area (Å²) in [6.45, 7) is 2.27. The van der Waals surface area contributed by atoms with Gasteiger partial charge in [-0.2, -0.15) is 4.98 Å². The van der Waals surface area contributed by atoms with Crippen LogP contribution in [0.25, 0.3) is 11.4 Å². The normalized spacial score (nSPS) is 15.5. The zero-order chi connectivity index (χ0) is 17.9. The zero-order valence-electron chi connectivity index (χ0n) is 14.1. The number of para-hydroxylation sites is 2. The number of aromatic nitrogens is 2. The molecule has 0 saturated heterocycles. The van der Waals surface area contributed by atoms with E-state index in [-0.39, 0.29) is 19.1 Å². The molecule has 0 radical (unpaired) electrons. The van der Waals surface area contributed by atoms with Crippen LogP contribution in [0.4, 0.5) is 0 Å². The standard InChI is InChI=1S/C19H17N3O4/c1-12-5-4-6-13(9-12)18-21-17(26-22-18)10-20-19(23)16-11-24-14-7-2-3-8-15(14)25-16/h2-9,16H,10-11H2,1H3,(H,20,23)/t16-/m1/s1. The third-order valence-corrected chi connectivity index (χ3v) is 3.96. The zero-order valence-corrected chi connectivity index (χ0v) is 14.1. The van der Waals surface area contributed by atoms with Crippen LogP contribution < -0.4 is 14.8 Å². The Morgan fingerprint density at radius 2 is 2.04 bits per heavy atom. The van der Waals surface area contributed by atoms with E-state index in [9.17, 15) is 4.79 Å². The first-order valence-electron chi connectivity index (χ1n) is 8.25.